The summed E-state index contributed by atoms with van der Waals surface area (Å²) in [5, 5.41) is 3.85. The summed E-state index contributed by atoms with van der Waals surface area (Å²) in [5.41, 5.74) is 0.984. The Labute approximate surface area is 131 Å². The molecule has 0 aromatic heterocycles. The first kappa shape index (κ1) is 14.6. The number of hydrogen-bond acceptors (Lipinski definition) is 2. The third-order valence-electron chi connectivity index (χ3n) is 4.74. The Morgan fingerprint density at radius 1 is 1.24 bits per heavy atom. The van der Waals surface area contributed by atoms with Gasteiger partial charge in [-0.3, -0.25) is 4.79 Å². The lowest BCUT2D eigenvalue weighted by molar-refractivity contribution is -0.117. The molecule has 0 spiro atoms. The van der Waals surface area contributed by atoms with Crippen LogP contribution in [-0.2, 0) is 4.79 Å². The van der Waals surface area contributed by atoms with Crippen LogP contribution in [0.15, 0.2) is 30.3 Å². The Balaban J connectivity index is 1.54. The molecule has 2 aliphatic rings. The van der Waals surface area contributed by atoms with Crippen LogP contribution in [-0.4, -0.2) is 36.0 Å². The highest BCUT2D eigenvalue weighted by molar-refractivity contribution is 6.30. The number of nitrogens with zero attached hydrogens (tertiary/aromatic N) is 1. The quantitative estimate of drug-likeness (QED) is 0.870. The fourth-order valence-electron chi connectivity index (χ4n) is 3.52. The molecule has 2 atom stereocenters. The van der Waals surface area contributed by atoms with Crippen molar-refractivity contribution in [3.05, 3.63) is 40.9 Å². The van der Waals surface area contributed by atoms with Gasteiger partial charge in [0.2, 0.25) is 5.91 Å². The summed E-state index contributed by atoms with van der Waals surface area (Å²) >= 11 is 5.84. The van der Waals surface area contributed by atoms with Crippen LogP contribution >= 0.6 is 11.6 Å². The predicted octanol–water partition coefficient (Wildman–Crippen LogP) is 3.09. The molecule has 4 heteroatoms. The van der Waals surface area contributed by atoms with E-state index in [2.05, 4.69) is 17.3 Å². The Morgan fingerprint density at radius 2 is 1.86 bits per heavy atom. The number of halogens is 1. The summed E-state index contributed by atoms with van der Waals surface area (Å²) in [4.78, 5) is 14.5. The first-order chi connectivity index (χ1) is 10.1. The third-order valence-corrected chi connectivity index (χ3v) is 4.99. The second-order valence-corrected chi connectivity index (χ2v) is 6.55. The maximum Gasteiger partial charge on any atom is 0.244 e. The van der Waals surface area contributed by atoms with Crippen molar-refractivity contribution in [1.82, 2.24) is 10.2 Å². The van der Waals surface area contributed by atoms with Gasteiger partial charge >= 0.3 is 0 Å². The first-order valence-electron chi connectivity index (χ1n) is 7.58. The summed E-state index contributed by atoms with van der Waals surface area (Å²) in [6, 6.07) is 9.08. The number of carbonyl (C=O) groups excluding carboxylic acids is 1. The van der Waals surface area contributed by atoms with E-state index >= 15 is 0 Å². The van der Waals surface area contributed by atoms with Crippen LogP contribution in [0.2, 0.25) is 5.02 Å². The van der Waals surface area contributed by atoms with Gasteiger partial charge in [0.05, 0.1) is 0 Å². The fourth-order valence-corrected chi connectivity index (χ4v) is 3.65. The molecule has 2 fully saturated rings. The van der Waals surface area contributed by atoms with Crippen molar-refractivity contribution in [2.75, 3.05) is 7.05 Å². The Bertz CT molecular complexity index is 526. The molecule has 0 radical (unpaired) electrons. The first-order valence-corrected chi connectivity index (χ1v) is 7.95. The number of amides is 1. The van der Waals surface area contributed by atoms with Crippen LogP contribution in [0.4, 0.5) is 0 Å². The average molecular weight is 305 g/mol. The van der Waals surface area contributed by atoms with Crippen molar-refractivity contribution in [2.24, 2.45) is 0 Å². The zero-order valence-corrected chi connectivity index (χ0v) is 13.0. The molecule has 3 rings (SSSR count). The SMILES string of the molecule is CN1C2CCC1CC(NC(=O)/C=C/c1ccc(Cl)cc1)C2. The third kappa shape index (κ3) is 3.47. The number of rotatable bonds is 3. The molecular formula is C17H21ClN2O. The van der Waals surface area contributed by atoms with Gasteiger partial charge in [0.1, 0.15) is 0 Å². The van der Waals surface area contributed by atoms with Crippen LogP contribution in [0.5, 0.6) is 0 Å². The summed E-state index contributed by atoms with van der Waals surface area (Å²) in [7, 11) is 2.21. The minimum Gasteiger partial charge on any atom is -0.350 e. The van der Waals surface area contributed by atoms with Crippen molar-refractivity contribution in [2.45, 2.75) is 43.8 Å². The number of benzene rings is 1. The van der Waals surface area contributed by atoms with Gasteiger partial charge in [0, 0.05) is 29.2 Å². The van der Waals surface area contributed by atoms with Gasteiger partial charge in [0.25, 0.3) is 0 Å². The van der Waals surface area contributed by atoms with Gasteiger partial charge in [-0.15, -0.1) is 0 Å². The zero-order valence-electron chi connectivity index (χ0n) is 12.3. The van der Waals surface area contributed by atoms with Gasteiger partial charge in [-0.2, -0.15) is 0 Å². The number of carbonyl (C=O) groups is 1. The van der Waals surface area contributed by atoms with E-state index in [9.17, 15) is 4.79 Å². The Kier molecular flexibility index (Phi) is 4.32. The van der Waals surface area contributed by atoms with E-state index < -0.39 is 0 Å². The lowest BCUT2D eigenvalue weighted by Gasteiger charge is -2.36. The molecule has 1 aromatic carbocycles. The van der Waals surface area contributed by atoms with Gasteiger partial charge in [-0.05, 0) is 56.5 Å². The zero-order chi connectivity index (χ0) is 14.8. The van der Waals surface area contributed by atoms with Crippen LogP contribution in [0.1, 0.15) is 31.2 Å². The Hall–Kier alpha value is -1.32. The van der Waals surface area contributed by atoms with E-state index in [1.54, 1.807) is 6.08 Å². The lowest BCUT2D eigenvalue weighted by atomic mass is 9.98. The molecular weight excluding hydrogens is 284 g/mol. The van der Waals surface area contributed by atoms with E-state index in [-0.39, 0.29) is 5.91 Å². The second kappa shape index (κ2) is 6.20. The molecule has 2 heterocycles. The number of fused-ring (bicyclic) bond motifs is 2. The monoisotopic (exact) mass is 304 g/mol. The predicted molar refractivity (Wildman–Crippen MR) is 86.2 cm³/mol. The summed E-state index contributed by atoms with van der Waals surface area (Å²) in [6.07, 6.45) is 8.14. The summed E-state index contributed by atoms with van der Waals surface area (Å²) in [6.45, 7) is 0. The molecule has 0 aliphatic carbocycles. The molecule has 112 valence electrons. The van der Waals surface area contributed by atoms with Crippen LogP contribution in [0.3, 0.4) is 0 Å². The van der Waals surface area contributed by atoms with Crippen molar-refractivity contribution in [1.29, 1.82) is 0 Å². The van der Waals surface area contributed by atoms with Gasteiger partial charge in [0.15, 0.2) is 0 Å². The molecule has 21 heavy (non-hydrogen) atoms. The molecule has 1 N–H and O–H groups in total. The standard InChI is InChI=1S/C17H21ClN2O/c1-20-15-7-8-16(20)11-14(10-15)19-17(21)9-4-12-2-5-13(18)6-3-12/h2-6,9,14-16H,7-8,10-11H2,1H3,(H,19,21)/b9-4+. The molecule has 2 aliphatic heterocycles. The van der Waals surface area contributed by atoms with Crippen LogP contribution in [0, 0.1) is 0 Å². The van der Waals surface area contributed by atoms with E-state index in [4.69, 9.17) is 11.6 Å². The van der Waals surface area contributed by atoms with E-state index in [1.807, 2.05) is 30.3 Å². The molecule has 2 saturated heterocycles. The number of piperidine rings is 1. The normalized spacial score (nSPS) is 29.0. The Morgan fingerprint density at radius 3 is 2.48 bits per heavy atom. The summed E-state index contributed by atoms with van der Waals surface area (Å²) in [5.74, 6) is -0.00102. The maximum absolute atomic E-state index is 12.0. The largest absolute Gasteiger partial charge is 0.350 e. The number of hydrogen-bond donors (Lipinski definition) is 1. The number of nitrogens with one attached hydrogen (secondary N) is 1. The second-order valence-electron chi connectivity index (χ2n) is 6.11. The van der Waals surface area contributed by atoms with E-state index in [1.165, 1.54) is 12.8 Å². The summed E-state index contributed by atoms with van der Waals surface area (Å²) < 4.78 is 0. The molecule has 1 amide bonds. The average Bonchev–Trinajstić information content (AvgIpc) is 2.69. The van der Waals surface area contributed by atoms with Crippen LogP contribution < -0.4 is 5.32 Å². The van der Waals surface area contributed by atoms with Gasteiger partial charge in [-0.25, -0.2) is 0 Å². The smallest absolute Gasteiger partial charge is 0.244 e. The molecule has 3 nitrogen and oxygen atoms in total. The van der Waals surface area contributed by atoms with Gasteiger partial charge in [-0.1, -0.05) is 23.7 Å². The van der Waals surface area contributed by atoms with Gasteiger partial charge < -0.3 is 10.2 Å². The van der Waals surface area contributed by atoms with Crippen LogP contribution in [0.25, 0.3) is 6.08 Å². The topological polar surface area (TPSA) is 32.3 Å². The molecule has 2 unspecified atom stereocenters. The highest BCUT2D eigenvalue weighted by Crippen LogP contribution is 2.34. The highest BCUT2D eigenvalue weighted by atomic mass is 35.5. The van der Waals surface area contributed by atoms with Crippen molar-refractivity contribution < 1.29 is 4.79 Å². The minimum absolute atomic E-state index is 0.00102. The van der Waals surface area contributed by atoms with E-state index in [0.717, 1.165) is 18.4 Å². The van der Waals surface area contributed by atoms with E-state index in [0.29, 0.717) is 23.1 Å². The van der Waals surface area contributed by atoms with Crippen molar-refractivity contribution in [3.63, 3.8) is 0 Å². The van der Waals surface area contributed by atoms with Crippen molar-refractivity contribution >= 4 is 23.6 Å². The lowest BCUT2D eigenvalue weighted by Crippen LogP contribution is -2.48. The molecule has 0 saturated carbocycles. The molecule has 1 aromatic rings. The maximum atomic E-state index is 12.0. The minimum atomic E-state index is -0.00102. The fraction of sp³-hybridized carbons (Fsp3) is 0.471. The molecule has 2 bridgehead atoms. The highest BCUT2D eigenvalue weighted by Gasteiger charge is 2.38. The van der Waals surface area contributed by atoms with Crippen molar-refractivity contribution in [3.8, 4) is 0 Å².